The number of nitrogens with zero attached hydrogens (tertiary/aromatic N) is 1. The molecule has 0 bridgehead atoms. The molecule has 0 atom stereocenters. The van der Waals surface area contributed by atoms with Gasteiger partial charge in [-0.3, -0.25) is 0 Å². The fourth-order valence-corrected chi connectivity index (χ4v) is 1.40. The van der Waals surface area contributed by atoms with E-state index in [9.17, 15) is 4.39 Å². The Morgan fingerprint density at radius 3 is 2.76 bits per heavy atom. The zero-order chi connectivity index (χ0) is 12.1. The Balaban J connectivity index is 2.05. The maximum absolute atomic E-state index is 13.3. The molecule has 1 aromatic heterocycles. The monoisotopic (exact) mass is 232 g/mol. The van der Waals surface area contributed by atoms with Crippen LogP contribution < -0.4 is 10.1 Å². The number of hydrogen-bond donors (Lipinski definition) is 1. The van der Waals surface area contributed by atoms with Gasteiger partial charge in [-0.25, -0.2) is 4.39 Å². The molecule has 2 aromatic rings. The fraction of sp³-hybridized carbons (Fsp3) is 0.154. The van der Waals surface area contributed by atoms with Crippen molar-refractivity contribution >= 4 is 5.82 Å². The molecule has 0 unspecified atom stereocenters. The molecule has 17 heavy (non-hydrogen) atoms. The van der Waals surface area contributed by atoms with Gasteiger partial charge in [0.1, 0.15) is 18.2 Å². The first kappa shape index (κ1) is 11.4. The minimum Gasteiger partial charge on any atom is -0.473 e. The molecule has 4 heteroatoms. The lowest BCUT2D eigenvalue weighted by Gasteiger charge is -2.07. The van der Waals surface area contributed by atoms with Crippen LogP contribution in [0.2, 0.25) is 0 Å². The molecule has 0 aliphatic rings. The molecule has 1 N–H and O–H groups in total. The number of ether oxygens (including phenoxy) is 1. The number of pyridine rings is 1. The average molecular weight is 232 g/mol. The summed E-state index contributed by atoms with van der Waals surface area (Å²) in [5.41, 5.74) is 0.518. The minimum absolute atomic E-state index is 0.173. The highest BCUT2D eigenvalue weighted by atomic mass is 19.1. The van der Waals surface area contributed by atoms with Gasteiger partial charge in [-0.2, -0.15) is 4.98 Å². The topological polar surface area (TPSA) is 34.1 Å². The van der Waals surface area contributed by atoms with Crippen LogP contribution >= 0.6 is 0 Å². The van der Waals surface area contributed by atoms with Crippen molar-refractivity contribution in [2.45, 2.75) is 6.61 Å². The van der Waals surface area contributed by atoms with Gasteiger partial charge in [-0.1, -0.05) is 24.3 Å². The van der Waals surface area contributed by atoms with E-state index < -0.39 is 0 Å². The van der Waals surface area contributed by atoms with Crippen LogP contribution in [0.25, 0.3) is 0 Å². The molecule has 0 saturated heterocycles. The van der Waals surface area contributed by atoms with E-state index in [1.54, 1.807) is 31.3 Å². The first-order valence-corrected chi connectivity index (χ1v) is 5.30. The molecule has 0 radical (unpaired) electrons. The number of halogens is 1. The van der Waals surface area contributed by atoms with Crippen molar-refractivity contribution in [3.8, 4) is 5.88 Å². The van der Waals surface area contributed by atoms with Crippen molar-refractivity contribution in [1.82, 2.24) is 4.98 Å². The Bertz CT molecular complexity index is 502. The number of nitrogens with one attached hydrogen (secondary N) is 1. The average Bonchev–Trinajstić information content (AvgIpc) is 2.38. The Morgan fingerprint density at radius 2 is 2.00 bits per heavy atom. The van der Waals surface area contributed by atoms with Crippen LogP contribution in [0.15, 0.2) is 42.5 Å². The standard InChI is InChI=1S/C13H13FN2O/c1-15-12-7-4-8-13(16-12)17-9-10-5-2-3-6-11(10)14/h2-8H,9H2,1H3,(H,15,16). The van der Waals surface area contributed by atoms with E-state index in [0.29, 0.717) is 11.4 Å². The van der Waals surface area contributed by atoms with Gasteiger partial charge in [0, 0.05) is 18.7 Å². The molecule has 0 aliphatic heterocycles. The van der Waals surface area contributed by atoms with Gasteiger partial charge in [0.15, 0.2) is 0 Å². The second-order valence-electron chi connectivity index (χ2n) is 3.49. The summed E-state index contributed by atoms with van der Waals surface area (Å²) in [6.07, 6.45) is 0. The van der Waals surface area contributed by atoms with Crippen LogP contribution in [0.5, 0.6) is 5.88 Å². The van der Waals surface area contributed by atoms with Crippen LogP contribution in [-0.2, 0) is 6.61 Å². The van der Waals surface area contributed by atoms with Crippen molar-refractivity contribution in [1.29, 1.82) is 0 Å². The zero-order valence-corrected chi connectivity index (χ0v) is 9.48. The molecular weight excluding hydrogens is 219 g/mol. The first-order valence-electron chi connectivity index (χ1n) is 5.30. The minimum atomic E-state index is -0.266. The second-order valence-corrected chi connectivity index (χ2v) is 3.49. The summed E-state index contributed by atoms with van der Waals surface area (Å²) in [6, 6.07) is 11.9. The quantitative estimate of drug-likeness (QED) is 0.880. The third kappa shape index (κ3) is 2.93. The summed E-state index contributed by atoms with van der Waals surface area (Å²) in [6.45, 7) is 0.173. The molecular formula is C13H13FN2O. The molecule has 1 heterocycles. The van der Waals surface area contributed by atoms with Gasteiger partial charge in [0.25, 0.3) is 0 Å². The summed E-state index contributed by atoms with van der Waals surface area (Å²) >= 11 is 0. The predicted molar refractivity (Wildman–Crippen MR) is 64.5 cm³/mol. The van der Waals surface area contributed by atoms with Crippen LogP contribution in [0, 0.1) is 5.82 Å². The largest absolute Gasteiger partial charge is 0.473 e. The molecule has 0 spiro atoms. The van der Waals surface area contributed by atoms with Crippen LogP contribution in [0.3, 0.4) is 0 Å². The van der Waals surface area contributed by atoms with Gasteiger partial charge in [-0.15, -0.1) is 0 Å². The predicted octanol–water partition coefficient (Wildman–Crippen LogP) is 2.84. The summed E-state index contributed by atoms with van der Waals surface area (Å²) in [5, 5.41) is 2.91. The van der Waals surface area contributed by atoms with Crippen molar-refractivity contribution in [2.75, 3.05) is 12.4 Å². The van der Waals surface area contributed by atoms with E-state index in [1.807, 2.05) is 12.1 Å². The van der Waals surface area contributed by atoms with E-state index in [1.165, 1.54) is 6.07 Å². The van der Waals surface area contributed by atoms with Gasteiger partial charge in [0.2, 0.25) is 5.88 Å². The number of benzene rings is 1. The SMILES string of the molecule is CNc1cccc(OCc2ccccc2F)n1. The van der Waals surface area contributed by atoms with Crippen LogP contribution in [0.4, 0.5) is 10.2 Å². The lowest BCUT2D eigenvalue weighted by molar-refractivity contribution is 0.288. The van der Waals surface area contributed by atoms with Crippen LogP contribution in [0.1, 0.15) is 5.56 Å². The van der Waals surface area contributed by atoms with Crippen molar-refractivity contribution < 1.29 is 9.13 Å². The third-order valence-corrected chi connectivity index (χ3v) is 2.31. The van der Waals surface area contributed by atoms with E-state index in [-0.39, 0.29) is 12.4 Å². The molecule has 88 valence electrons. The van der Waals surface area contributed by atoms with Gasteiger partial charge in [-0.05, 0) is 12.1 Å². The summed E-state index contributed by atoms with van der Waals surface area (Å²) in [5.74, 6) is 0.924. The highest BCUT2D eigenvalue weighted by Gasteiger charge is 2.02. The number of rotatable bonds is 4. The van der Waals surface area contributed by atoms with Crippen LogP contribution in [-0.4, -0.2) is 12.0 Å². The third-order valence-electron chi connectivity index (χ3n) is 2.31. The Labute approximate surface area is 99.3 Å². The van der Waals surface area contributed by atoms with Crippen molar-refractivity contribution in [2.24, 2.45) is 0 Å². The van der Waals surface area contributed by atoms with E-state index >= 15 is 0 Å². The lowest BCUT2D eigenvalue weighted by Crippen LogP contribution is -2.01. The van der Waals surface area contributed by atoms with E-state index in [0.717, 1.165) is 5.82 Å². The molecule has 3 nitrogen and oxygen atoms in total. The zero-order valence-electron chi connectivity index (χ0n) is 9.48. The van der Waals surface area contributed by atoms with Gasteiger partial charge >= 0.3 is 0 Å². The Kier molecular flexibility index (Phi) is 3.55. The molecule has 0 amide bonds. The molecule has 1 aromatic carbocycles. The smallest absolute Gasteiger partial charge is 0.215 e. The molecule has 0 fully saturated rings. The van der Waals surface area contributed by atoms with Crippen molar-refractivity contribution in [3.05, 3.63) is 53.8 Å². The van der Waals surface area contributed by atoms with Gasteiger partial charge in [0.05, 0.1) is 0 Å². The summed E-state index contributed by atoms with van der Waals surface area (Å²) in [4.78, 5) is 4.18. The van der Waals surface area contributed by atoms with E-state index in [4.69, 9.17) is 4.74 Å². The fourth-order valence-electron chi connectivity index (χ4n) is 1.40. The number of aromatic nitrogens is 1. The lowest BCUT2D eigenvalue weighted by atomic mass is 10.2. The second kappa shape index (κ2) is 5.30. The maximum atomic E-state index is 13.3. The normalized spacial score (nSPS) is 10.0. The first-order chi connectivity index (χ1) is 8.29. The summed E-state index contributed by atoms with van der Waals surface area (Å²) < 4.78 is 18.7. The highest BCUT2D eigenvalue weighted by molar-refractivity contribution is 5.36. The molecule has 2 rings (SSSR count). The highest BCUT2D eigenvalue weighted by Crippen LogP contribution is 2.14. The van der Waals surface area contributed by atoms with Crippen molar-refractivity contribution in [3.63, 3.8) is 0 Å². The maximum Gasteiger partial charge on any atom is 0.215 e. The number of anilines is 1. The Morgan fingerprint density at radius 1 is 1.18 bits per heavy atom. The summed E-state index contributed by atoms with van der Waals surface area (Å²) in [7, 11) is 1.78. The molecule has 0 aliphatic carbocycles. The number of hydrogen-bond acceptors (Lipinski definition) is 3. The molecule has 0 saturated carbocycles. The van der Waals surface area contributed by atoms with Gasteiger partial charge < -0.3 is 10.1 Å². The Hall–Kier alpha value is -2.10. The van der Waals surface area contributed by atoms with E-state index in [2.05, 4.69) is 10.3 Å².